The molecule has 4 heteroatoms. The first-order chi connectivity index (χ1) is 10.5. The van der Waals surface area contributed by atoms with Crippen LogP contribution in [-0.4, -0.2) is 13.0 Å². The van der Waals surface area contributed by atoms with Crippen molar-refractivity contribution in [1.29, 1.82) is 0 Å². The number of methoxy groups -OCH3 is 1. The Morgan fingerprint density at radius 3 is 2.36 bits per heavy atom. The maximum Gasteiger partial charge on any atom is 0.251 e. The van der Waals surface area contributed by atoms with Crippen LogP contribution in [0.2, 0.25) is 0 Å². The number of hydrogen-bond acceptors (Lipinski definition) is 2. The number of benzene rings is 2. The summed E-state index contributed by atoms with van der Waals surface area (Å²) in [6.45, 7) is 4.06. The molecule has 116 valence electrons. The Bertz CT molecular complexity index is 638. The predicted molar refractivity (Wildman–Crippen MR) is 84.4 cm³/mol. The summed E-state index contributed by atoms with van der Waals surface area (Å²) in [6.07, 6.45) is 0. The fourth-order valence-corrected chi connectivity index (χ4v) is 2.30. The molecule has 0 aromatic heterocycles. The van der Waals surface area contributed by atoms with Gasteiger partial charge in [-0.2, -0.15) is 0 Å². The minimum atomic E-state index is -0.418. The Hall–Kier alpha value is -2.36. The zero-order chi connectivity index (χ0) is 16.1. The molecule has 0 aliphatic rings. The van der Waals surface area contributed by atoms with E-state index in [9.17, 15) is 9.18 Å². The summed E-state index contributed by atoms with van der Waals surface area (Å²) >= 11 is 0. The van der Waals surface area contributed by atoms with E-state index < -0.39 is 5.82 Å². The van der Waals surface area contributed by atoms with Gasteiger partial charge in [-0.05, 0) is 41.8 Å². The molecule has 22 heavy (non-hydrogen) atoms. The molecule has 0 spiro atoms. The smallest absolute Gasteiger partial charge is 0.251 e. The second-order valence-corrected chi connectivity index (χ2v) is 5.48. The van der Waals surface area contributed by atoms with E-state index >= 15 is 0 Å². The largest absolute Gasteiger partial charge is 0.497 e. The van der Waals surface area contributed by atoms with Crippen molar-refractivity contribution in [3.8, 4) is 5.75 Å². The van der Waals surface area contributed by atoms with Gasteiger partial charge in [0.2, 0.25) is 0 Å². The van der Waals surface area contributed by atoms with Crippen LogP contribution in [-0.2, 0) is 0 Å². The second kappa shape index (κ2) is 7.07. The standard InChI is InChI=1S/C18H20FNO2/c1-12(2)17(13-7-9-16(22-3)10-8-13)20-18(21)14-5-4-6-15(19)11-14/h4-12,17H,1-3H3,(H,20,21)/t17-/m1/s1. The summed E-state index contributed by atoms with van der Waals surface area (Å²) in [5.74, 6) is 0.265. The van der Waals surface area contributed by atoms with Crippen LogP contribution in [0.5, 0.6) is 5.75 Å². The molecule has 0 unspecified atom stereocenters. The Morgan fingerprint density at radius 1 is 1.14 bits per heavy atom. The summed E-state index contributed by atoms with van der Waals surface area (Å²) in [5.41, 5.74) is 1.31. The summed E-state index contributed by atoms with van der Waals surface area (Å²) in [7, 11) is 1.61. The average molecular weight is 301 g/mol. The molecule has 0 aliphatic heterocycles. The second-order valence-electron chi connectivity index (χ2n) is 5.48. The number of carbonyl (C=O) groups excluding carboxylic acids is 1. The predicted octanol–water partition coefficient (Wildman–Crippen LogP) is 3.96. The number of nitrogens with one attached hydrogen (secondary N) is 1. The number of rotatable bonds is 5. The van der Waals surface area contributed by atoms with Crippen LogP contribution < -0.4 is 10.1 Å². The van der Waals surface area contributed by atoms with E-state index in [4.69, 9.17) is 4.74 Å². The maximum absolute atomic E-state index is 13.2. The van der Waals surface area contributed by atoms with Gasteiger partial charge in [0.05, 0.1) is 13.2 Å². The molecule has 1 N–H and O–H groups in total. The molecule has 2 aromatic rings. The molecule has 0 heterocycles. The molecule has 0 fully saturated rings. The minimum absolute atomic E-state index is 0.151. The lowest BCUT2D eigenvalue weighted by Crippen LogP contribution is -2.31. The molecule has 0 saturated carbocycles. The van der Waals surface area contributed by atoms with Crippen LogP contribution in [0.1, 0.15) is 35.8 Å². The third-order valence-electron chi connectivity index (χ3n) is 3.51. The Morgan fingerprint density at radius 2 is 1.82 bits per heavy atom. The summed E-state index contributed by atoms with van der Waals surface area (Å²) in [6, 6.07) is 13.1. The first-order valence-electron chi connectivity index (χ1n) is 7.21. The van der Waals surface area contributed by atoms with E-state index in [0.717, 1.165) is 11.3 Å². The van der Waals surface area contributed by atoms with Crippen LogP contribution in [0.4, 0.5) is 4.39 Å². The van der Waals surface area contributed by atoms with Gasteiger partial charge in [0.25, 0.3) is 5.91 Å². The van der Waals surface area contributed by atoms with Crippen molar-refractivity contribution in [3.05, 3.63) is 65.5 Å². The van der Waals surface area contributed by atoms with E-state index in [2.05, 4.69) is 5.32 Å². The lowest BCUT2D eigenvalue weighted by molar-refractivity contribution is 0.0925. The van der Waals surface area contributed by atoms with Gasteiger partial charge in [-0.1, -0.05) is 32.0 Å². The molecule has 1 amide bonds. The number of halogens is 1. The Kier molecular flexibility index (Phi) is 5.15. The maximum atomic E-state index is 13.2. The van der Waals surface area contributed by atoms with Crippen molar-refractivity contribution in [1.82, 2.24) is 5.32 Å². The first-order valence-corrected chi connectivity index (χ1v) is 7.21. The number of ether oxygens (including phenoxy) is 1. The van der Waals surface area contributed by atoms with Gasteiger partial charge in [0, 0.05) is 5.56 Å². The van der Waals surface area contributed by atoms with Crippen LogP contribution in [0.3, 0.4) is 0 Å². The number of carbonyl (C=O) groups is 1. The molecule has 1 atom stereocenters. The molecule has 2 rings (SSSR count). The fraction of sp³-hybridized carbons (Fsp3) is 0.278. The van der Waals surface area contributed by atoms with Gasteiger partial charge in [-0.25, -0.2) is 4.39 Å². The molecule has 0 aliphatic carbocycles. The van der Waals surface area contributed by atoms with Crippen molar-refractivity contribution >= 4 is 5.91 Å². The van der Waals surface area contributed by atoms with Crippen molar-refractivity contribution < 1.29 is 13.9 Å². The fourth-order valence-electron chi connectivity index (χ4n) is 2.30. The molecular formula is C18H20FNO2. The van der Waals surface area contributed by atoms with Gasteiger partial charge < -0.3 is 10.1 Å². The van der Waals surface area contributed by atoms with Crippen molar-refractivity contribution in [2.24, 2.45) is 5.92 Å². The van der Waals surface area contributed by atoms with E-state index in [0.29, 0.717) is 5.56 Å². The lowest BCUT2D eigenvalue weighted by atomic mass is 9.95. The number of amides is 1. The van der Waals surface area contributed by atoms with E-state index in [1.807, 2.05) is 38.1 Å². The highest BCUT2D eigenvalue weighted by atomic mass is 19.1. The lowest BCUT2D eigenvalue weighted by Gasteiger charge is -2.23. The summed E-state index contributed by atoms with van der Waals surface area (Å²) in [5, 5.41) is 2.97. The highest BCUT2D eigenvalue weighted by molar-refractivity contribution is 5.94. The van der Waals surface area contributed by atoms with Crippen molar-refractivity contribution in [2.45, 2.75) is 19.9 Å². The highest BCUT2D eigenvalue weighted by Gasteiger charge is 2.19. The zero-order valence-electron chi connectivity index (χ0n) is 13.0. The molecule has 3 nitrogen and oxygen atoms in total. The minimum Gasteiger partial charge on any atom is -0.497 e. The van der Waals surface area contributed by atoms with Crippen molar-refractivity contribution in [3.63, 3.8) is 0 Å². The van der Waals surface area contributed by atoms with E-state index in [-0.39, 0.29) is 17.9 Å². The SMILES string of the molecule is COc1ccc([C@H](NC(=O)c2cccc(F)c2)C(C)C)cc1. The normalized spacial score (nSPS) is 12.0. The van der Waals surface area contributed by atoms with Crippen LogP contribution in [0.15, 0.2) is 48.5 Å². The summed E-state index contributed by atoms with van der Waals surface area (Å²) in [4.78, 5) is 12.3. The molecule has 0 radical (unpaired) electrons. The molecular weight excluding hydrogens is 281 g/mol. The van der Waals surface area contributed by atoms with Crippen molar-refractivity contribution in [2.75, 3.05) is 7.11 Å². The van der Waals surface area contributed by atoms with Gasteiger partial charge in [0.15, 0.2) is 0 Å². The van der Waals surface area contributed by atoms with Gasteiger partial charge in [-0.3, -0.25) is 4.79 Å². The van der Waals surface area contributed by atoms with Crippen LogP contribution in [0.25, 0.3) is 0 Å². The zero-order valence-corrected chi connectivity index (χ0v) is 13.0. The van der Waals surface area contributed by atoms with Crippen LogP contribution >= 0.6 is 0 Å². The van der Waals surface area contributed by atoms with Crippen LogP contribution in [0, 0.1) is 11.7 Å². The van der Waals surface area contributed by atoms with Gasteiger partial charge in [0.1, 0.15) is 11.6 Å². The average Bonchev–Trinajstić information content (AvgIpc) is 2.52. The molecule has 0 bridgehead atoms. The third-order valence-corrected chi connectivity index (χ3v) is 3.51. The number of hydrogen-bond donors (Lipinski definition) is 1. The van der Waals surface area contributed by atoms with E-state index in [1.165, 1.54) is 18.2 Å². The third kappa shape index (κ3) is 3.85. The highest BCUT2D eigenvalue weighted by Crippen LogP contribution is 2.24. The Balaban J connectivity index is 2.19. The van der Waals surface area contributed by atoms with Gasteiger partial charge in [-0.15, -0.1) is 0 Å². The summed E-state index contributed by atoms with van der Waals surface area (Å²) < 4.78 is 18.4. The monoisotopic (exact) mass is 301 g/mol. The topological polar surface area (TPSA) is 38.3 Å². The van der Waals surface area contributed by atoms with E-state index in [1.54, 1.807) is 13.2 Å². The molecule has 2 aromatic carbocycles. The molecule has 0 saturated heterocycles. The first kappa shape index (κ1) is 16.0. The quantitative estimate of drug-likeness (QED) is 0.907. The Labute approximate surface area is 130 Å². The van der Waals surface area contributed by atoms with Gasteiger partial charge >= 0.3 is 0 Å².